The molecule has 0 saturated heterocycles. The predicted molar refractivity (Wildman–Crippen MR) is 139 cm³/mol. The molecule has 0 aliphatic carbocycles. The summed E-state index contributed by atoms with van der Waals surface area (Å²) < 4.78 is 8.90. The van der Waals surface area contributed by atoms with Gasteiger partial charge in [-0.15, -0.1) is 0 Å². The third-order valence-electron chi connectivity index (χ3n) is 6.27. The van der Waals surface area contributed by atoms with Gasteiger partial charge >= 0.3 is 192 Å². The Labute approximate surface area is 191 Å². The molecule has 0 atom stereocenters. The Morgan fingerprint density at radius 3 is 1.37 bits per heavy atom. The average Bonchev–Trinajstić information content (AvgIpc) is 2.68. The SMILES string of the molecule is CCCCCC/C(I)=[C](\CCCCC)[Sn]([CH2]CCC)([CH2]CCC)[CH2]CCC. The molecule has 0 saturated carbocycles. The summed E-state index contributed by atoms with van der Waals surface area (Å²) in [5.74, 6) is 0. The molecule has 0 rings (SSSR count). The van der Waals surface area contributed by atoms with Gasteiger partial charge in [-0.2, -0.15) is 0 Å². The van der Waals surface area contributed by atoms with E-state index in [4.69, 9.17) is 0 Å². The predicted octanol–water partition coefficient (Wildman–Crippen LogP) is 10.6. The van der Waals surface area contributed by atoms with Gasteiger partial charge < -0.3 is 0 Å². The fraction of sp³-hybridized carbons (Fsp3) is 0.920. The molecule has 0 nitrogen and oxygen atoms in total. The van der Waals surface area contributed by atoms with Crippen LogP contribution in [0.1, 0.15) is 131 Å². The van der Waals surface area contributed by atoms with E-state index in [2.05, 4.69) is 60.8 Å². The topological polar surface area (TPSA) is 0 Å². The first kappa shape index (κ1) is 28.3. The Morgan fingerprint density at radius 1 is 0.519 bits per heavy atom. The van der Waals surface area contributed by atoms with E-state index in [1.54, 1.807) is 13.3 Å². The van der Waals surface area contributed by atoms with E-state index in [0.717, 1.165) is 0 Å². The zero-order valence-electron chi connectivity index (χ0n) is 19.6. The van der Waals surface area contributed by atoms with Crippen molar-refractivity contribution in [3.8, 4) is 0 Å². The van der Waals surface area contributed by atoms with Crippen LogP contribution in [0.15, 0.2) is 7.17 Å². The number of hydrogen-bond donors (Lipinski definition) is 0. The molecule has 0 aromatic heterocycles. The minimum atomic E-state index is -2.22. The molecule has 0 aromatic carbocycles. The summed E-state index contributed by atoms with van der Waals surface area (Å²) in [6.45, 7) is 11.9. The summed E-state index contributed by atoms with van der Waals surface area (Å²) in [7, 11) is 0. The number of rotatable bonds is 19. The van der Waals surface area contributed by atoms with Gasteiger partial charge in [0.25, 0.3) is 0 Å². The quantitative estimate of drug-likeness (QED) is 0.0790. The zero-order chi connectivity index (χ0) is 20.4. The second kappa shape index (κ2) is 19.2. The third kappa shape index (κ3) is 12.5. The van der Waals surface area contributed by atoms with Crippen LogP contribution in [-0.4, -0.2) is 18.4 Å². The van der Waals surface area contributed by atoms with Crippen LogP contribution < -0.4 is 0 Å². The molecule has 0 N–H and O–H groups in total. The maximum atomic E-state index is 2.82. The van der Waals surface area contributed by atoms with Gasteiger partial charge in [-0.25, -0.2) is 0 Å². The average molecular weight is 597 g/mol. The van der Waals surface area contributed by atoms with Crippen molar-refractivity contribution in [2.24, 2.45) is 0 Å². The standard InChI is InChI=1S/C13H24I.3C4H9.Sn/c1-3-5-7-9-11-13(14)12-10-8-6-4-2;3*1-3-4-2;/h3-11H2,1-2H3;3*1,3-4H2,2H3;. The van der Waals surface area contributed by atoms with E-state index in [9.17, 15) is 0 Å². The molecule has 0 spiro atoms. The van der Waals surface area contributed by atoms with Gasteiger partial charge in [0, 0.05) is 0 Å². The summed E-state index contributed by atoms with van der Waals surface area (Å²) in [6, 6.07) is 0. The van der Waals surface area contributed by atoms with Gasteiger partial charge in [-0.1, -0.05) is 0 Å². The Morgan fingerprint density at radius 2 is 0.926 bits per heavy atom. The van der Waals surface area contributed by atoms with Crippen molar-refractivity contribution in [2.75, 3.05) is 0 Å². The first-order chi connectivity index (χ1) is 13.1. The van der Waals surface area contributed by atoms with Crippen LogP contribution in [-0.2, 0) is 0 Å². The molecule has 0 aliphatic heterocycles. The Balaban J connectivity index is 5.63. The van der Waals surface area contributed by atoms with Gasteiger partial charge in [-0.05, 0) is 0 Å². The summed E-state index contributed by atoms with van der Waals surface area (Å²) in [6.07, 6.45) is 21.4. The zero-order valence-corrected chi connectivity index (χ0v) is 24.6. The molecule has 162 valence electrons. The fourth-order valence-corrected chi connectivity index (χ4v) is 26.5. The van der Waals surface area contributed by atoms with Crippen LogP contribution in [0.25, 0.3) is 0 Å². The molecule has 27 heavy (non-hydrogen) atoms. The molecule has 0 aliphatic rings. The van der Waals surface area contributed by atoms with Crippen molar-refractivity contribution in [1.82, 2.24) is 0 Å². The minimum absolute atomic E-state index is 1.36. The van der Waals surface area contributed by atoms with Crippen LogP contribution >= 0.6 is 22.6 Å². The molecule has 0 unspecified atom stereocenters. The van der Waals surface area contributed by atoms with E-state index in [1.165, 1.54) is 96.3 Å². The van der Waals surface area contributed by atoms with Crippen LogP contribution in [0.2, 0.25) is 13.3 Å². The summed E-state index contributed by atoms with van der Waals surface area (Å²) >= 11 is 0.597. The Hall–Kier alpha value is 1.27. The molecule has 0 radical (unpaired) electrons. The number of unbranched alkanes of at least 4 members (excludes halogenated alkanes) is 8. The van der Waals surface area contributed by atoms with Gasteiger partial charge in [-0.3, -0.25) is 0 Å². The van der Waals surface area contributed by atoms with Crippen LogP contribution in [0.3, 0.4) is 0 Å². The normalized spacial score (nSPS) is 13.1. The van der Waals surface area contributed by atoms with E-state index >= 15 is 0 Å². The van der Waals surface area contributed by atoms with E-state index in [0.29, 0.717) is 0 Å². The first-order valence-electron chi connectivity index (χ1n) is 12.5. The van der Waals surface area contributed by atoms with Crippen LogP contribution in [0, 0.1) is 0 Å². The Bertz CT molecular complexity index is 340. The van der Waals surface area contributed by atoms with Crippen molar-refractivity contribution >= 4 is 41.0 Å². The molecule has 0 heterocycles. The number of halogens is 1. The number of allylic oxidation sites excluding steroid dienone is 2. The molecule has 0 amide bonds. The molecular weight excluding hydrogens is 546 g/mol. The fourth-order valence-electron chi connectivity index (χ4n) is 4.47. The van der Waals surface area contributed by atoms with E-state index in [1.807, 2.05) is 3.58 Å². The van der Waals surface area contributed by atoms with E-state index < -0.39 is 18.4 Å². The van der Waals surface area contributed by atoms with Crippen molar-refractivity contribution < 1.29 is 0 Å². The second-order valence-corrected chi connectivity index (χ2v) is 23.4. The summed E-state index contributed by atoms with van der Waals surface area (Å²) in [5.41, 5.74) is 0. The van der Waals surface area contributed by atoms with Gasteiger partial charge in [0.2, 0.25) is 0 Å². The first-order valence-corrected chi connectivity index (χ1v) is 21.1. The van der Waals surface area contributed by atoms with Crippen molar-refractivity contribution in [2.45, 2.75) is 144 Å². The molecular formula is C25H51ISn. The van der Waals surface area contributed by atoms with E-state index in [-0.39, 0.29) is 0 Å². The second-order valence-electron chi connectivity index (χ2n) is 8.74. The Kier molecular flexibility index (Phi) is 20.1. The summed E-state index contributed by atoms with van der Waals surface area (Å²) in [4.78, 5) is 0. The van der Waals surface area contributed by atoms with Gasteiger partial charge in [0.1, 0.15) is 0 Å². The summed E-state index contributed by atoms with van der Waals surface area (Å²) in [5, 5.41) is 0. The van der Waals surface area contributed by atoms with Crippen molar-refractivity contribution in [3.63, 3.8) is 0 Å². The van der Waals surface area contributed by atoms with Crippen LogP contribution in [0.5, 0.6) is 0 Å². The molecule has 2 heteroatoms. The number of hydrogen-bond acceptors (Lipinski definition) is 0. The monoisotopic (exact) mass is 598 g/mol. The third-order valence-corrected chi connectivity index (χ3v) is 25.4. The maximum absolute atomic E-state index is 2.82. The van der Waals surface area contributed by atoms with Gasteiger partial charge in [0.05, 0.1) is 0 Å². The van der Waals surface area contributed by atoms with Gasteiger partial charge in [0.15, 0.2) is 0 Å². The molecule has 0 aromatic rings. The molecule has 0 bridgehead atoms. The van der Waals surface area contributed by atoms with Crippen molar-refractivity contribution in [3.05, 3.63) is 7.17 Å². The van der Waals surface area contributed by atoms with Crippen molar-refractivity contribution in [1.29, 1.82) is 0 Å². The van der Waals surface area contributed by atoms with Crippen LogP contribution in [0.4, 0.5) is 0 Å². The molecule has 0 fully saturated rings.